The summed E-state index contributed by atoms with van der Waals surface area (Å²) in [5, 5.41) is 0.744. The predicted molar refractivity (Wildman–Crippen MR) is 188 cm³/mol. The van der Waals surface area contributed by atoms with E-state index in [1.807, 2.05) is 79.7 Å². The van der Waals surface area contributed by atoms with Gasteiger partial charge in [0.1, 0.15) is 12.2 Å². The Morgan fingerprint density at radius 1 is 0.896 bits per heavy atom. The number of allylic oxidation sites excluding steroid dienone is 1. The van der Waals surface area contributed by atoms with E-state index in [9.17, 15) is 9.59 Å². The van der Waals surface area contributed by atoms with Crippen molar-refractivity contribution in [1.29, 1.82) is 0 Å². The van der Waals surface area contributed by atoms with Gasteiger partial charge >= 0.3 is 11.9 Å². The number of hydrogen-bond acceptors (Lipinski definition) is 6. The molecular weight excluding hydrogens is 600 g/mol. The molecule has 0 aliphatic carbocycles. The lowest BCUT2D eigenvalue weighted by Crippen LogP contribution is -2.40. The molecule has 0 radical (unpaired) electrons. The molecule has 1 atom stereocenters. The smallest absolute Gasteiger partial charge is 0.374 e. The fourth-order valence-corrected chi connectivity index (χ4v) is 6.21. The van der Waals surface area contributed by atoms with Crippen LogP contribution in [-0.2, 0) is 25.6 Å². The van der Waals surface area contributed by atoms with Gasteiger partial charge in [-0.1, -0.05) is 93.6 Å². The van der Waals surface area contributed by atoms with Crippen molar-refractivity contribution in [3.63, 3.8) is 0 Å². The summed E-state index contributed by atoms with van der Waals surface area (Å²) in [6, 6.07) is 25.0. The largest absolute Gasteiger partial charge is 0.455 e. The molecule has 1 aliphatic rings. The summed E-state index contributed by atoms with van der Waals surface area (Å²) in [5.41, 5.74) is 3.94. The van der Waals surface area contributed by atoms with Gasteiger partial charge in [-0.2, -0.15) is 0 Å². The highest BCUT2D eigenvalue weighted by Crippen LogP contribution is 2.34. The molecule has 48 heavy (non-hydrogen) atoms. The second-order valence-corrected chi connectivity index (χ2v) is 13.9. The molecule has 3 aromatic carbocycles. The SMILES string of the molecule is Cc1ccc(C#Cc2ccc3oc(C(=O)OC[C@]4(COCc5ccccc5)C/C(=C\CC(CC(C)C)CC(C)C)C(=O)O4)cc3c2)cc1. The Morgan fingerprint density at radius 2 is 1.58 bits per heavy atom. The molecule has 1 saturated heterocycles. The summed E-state index contributed by atoms with van der Waals surface area (Å²) in [6.45, 7) is 11.2. The fraction of sp³-hybridized carbons (Fsp3) is 0.381. The van der Waals surface area contributed by atoms with Crippen LogP contribution in [0.25, 0.3) is 11.0 Å². The van der Waals surface area contributed by atoms with Gasteiger partial charge in [-0.25, -0.2) is 9.59 Å². The first-order valence-electron chi connectivity index (χ1n) is 16.9. The number of carbonyl (C=O) groups excluding carboxylic acids is 2. The van der Waals surface area contributed by atoms with Gasteiger partial charge in [0.25, 0.3) is 0 Å². The maximum absolute atomic E-state index is 13.3. The van der Waals surface area contributed by atoms with Crippen molar-refractivity contribution in [3.8, 4) is 11.8 Å². The van der Waals surface area contributed by atoms with E-state index in [-0.39, 0.29) is 24.9 Å². The molecule has 0 amide bonds. The summed E-state index contributed by atoms with van der Waals surface area (Å²) in [6.07, 6.45) is 5.32. The third-order valence-corrected chi connectivity index (χ3v) is 8.45. The molecule has 6 heteroatoms. The topological polar surface area (TPSA) is 75.0 Å². The van der Waals surface area contributed by atoms with Crippen LogP contribution in [0.3, 0.4) is 0 Å². The van der Waals surface area contributed by atoms with E-state index in [1.54, 1.807) is 12.1 Å². The molecule has 250 valence electrons. The number of benzene rings is 3. The lowest BCUT2D eigenvalue weighted by atomic mass is 9.86. The van der Waals surface area contributed by atoms with Crippen LogP contribution in [0.1, 0.15) is 86.2 Å². The van der Waals surface area contributed by atoms with Crippen molar-refractivity contribution in [1.82, 2.24) is 0 Å². The van der Waals surface area contributed by atoms with Crippen LogP contribution in [0.5, 0.6) is 0 Å². The first-order valence-corrected chi connectivity index (χ1v) is 16.9. The summed E-state index contributed by atoms with van der Waals surface area (Å²) < 4.78 is 23.7. The molecule has 1 aliphatic heterocycles. The first kappa shape index (κ1) is 34.7. The van der Waals surface area contributed by atoms with Gasteiger partial charge in [-0.15, -0.1) is 0 Å². The number of fused-ring (bicyclic) bond motifs is 1. The molecule has 0 spiro atoms. The summed E-state index contributed by atoms with van der Waals surface area (Å²) >= 11 is 0. The monoisotopic (exact) mass is 646 g/mol. The molecule has 0 unspecified atom stereocenters. The van der Waals surface area contributed by atoms with Crippen LogP contribution in [0.15, 0.2) is 94.9 Å². The molecule has 1 aromatic heterocycles. The molecule has 0 N–H and O–H groups in total. The first-order chi connectivity index (χ1) is 23.1. The van der Waals surface area contributed by atoms with E-state index in [1.165, 1.54) is 5.56 Å². The number of rotatable bonds is 13. The quantitative estimate of drug-likeness (QED) is 0.0819. The number of cyclic esters (lactones) is 1. The van der Waals surface area contributed by atoms with Crippen molar-refractivity contribution in [2.24, 2.45) is 17.8 Å². The molecule has 4 aromatic rings. The minimum atomic E-state index is -1.14. The summed E-state index contributed by atoms with van der Waals surface area (Å²) in [4.78, 5) is 26.5. The average Bonchev–Trinajstić information content (AvgIpc) is 3.62. The summed E-state index contributed by atoms with van der Waals surface area (Å²) in [5.74, 6) is 7.03. The number of aryl methyl sites for hydroxylation is 1. The number of esters is 2. The van der Waals surface area contributed by atoms with Crippen molar-refractivity contribution < 1.29 is 28.2 Å². The Hall–Kier alpha value is -4.60. The summed E-state index contributed by atoms with van der Waals surface area (Å²) in [7, 11) is 0. The Morgan fingerprint density at radius 3 is 2.29 bits per heavy atom. The Balaban J connectivity index is 1.29. The van der Waals surface area contributed by atoms with Crippen molar-refractivity contribution in [2.45, 2.75) is 72.5 Å². The van der Waals surface area contributed by atoms with E-state index in [4.69, 9.17) is 18.6 Å². The lowest BCUT2D eigenvalue weighted by molar-refractivity contribution is -0.157. The highest BCUT2D eigenvalue weighted by atomic mass is 16.6. The normalized spacial score (nSPS) is 16.9. The van der Waals surface area contributed by atoms with E-state index in [0.29, 0.717) is 41.9 Å². The van der Waals surface area contributed by atoms with Crippen molar-refractivity contribution in [2.75, 3.05) is 13.2 Å². The van der Waals surface area contributed by atoms with Gasteiger partial charge in [0.2, 0.25) is 5.76 Å². The minimum Gasteiger partial charge on any atom is -0.455 e. The van der Waals surface area contributed by atoms with E-state index in [0.717, 1.165) is 41.3 Å². The third kappa shape index (κ3) is 9.71. The number of hydrogen-bond donors (Lipinski definition) is 0. The van der Waals surface area contributed by atoms with Crippen LogP contribution < -0.4 is 0 Å². The molecule has 5 rings (SSSR count). The standard InChI is InChI=1S/C42H46O6/c1-29(2)21-35(22-30(3)4)17-19-36-25-42(48-40(36)43,27-45-26-34-9-7-6-8-10-34)28-46-41(44)39-24-37-23-33(18-20-38(37)47-39)16-15-32-13-11-31(5)12-14-32/h6-14,18-20,23-24,29-30,35H,17,21-22,25-28H2,1-5H3/b36-19+/t42-/m1/s1. The van der Waals surface area contributed by atoms with Crippen LogP contribution in [0.2, 0.25) is 0 Å². The zero-order valence-electron chi connectivity index (χ0n) is 28.7. The van der Waals surface area contributed by atoms with Gasteiger partial charge in [-0.05, 0) is 85.9 Å². The highest BCUT2D eigenvalue weighted by molar-refractivity contribution is 5.93. The van der Waals surface area contributed by atoms with Gasteiger partial charge in [0.05, 0.1) is 13.2 Å². The third-order valence-electron chi connectivity index (χ3n) is 8.45. The highest BCUT2D eigenvalue weighted by Gasteiger charge is 2.45. The van der Waals surface area contributed by atoms with Crippen molar-refractivity contribution >= 4 is 22.9 Å². The molecule has 0 bridgehead atoms. The van der Waals surface area contributed by atoms with Gasteiger partial charge in [0.15, 0.2) is 5.60 Å². The number of furan rings is 1. The Labute approximate surface area is 284 Å². The average molecular weight is 647 g/mol. The second kappa shape index (κ2) is 16.0. The van der Waals surface area contributed by atoms with E-state index >= 15 is 0 Å². The predicted octanol–water partition coefficient (Wildman–Crippen LogP) is 9.23. The van der Waals surface area contributed by atoms with Gasteiger partial charge < -0.3 is 18.6 Å². The maximum Gasteiger partial charge on any atom is 0.374 e. The van der Waals surface area contributed by atoms with E-state index < -0.39 is 11.6 Å². The molecule has 2 heterocycles. The van der Waals surface area contributed by atoms with Crippen molar-refractivity contribution in [3.05, 3.63) is 119 Å². The molecular formula is C42H46O6. The molecule has 6 nitrogen and oxygen atoms in total. The zero-order valence-corrected chi connectivity index (χ0v) is 28.7. The number of ether oxygens (including phenoxy) is 3. The van der Waals surface area contributed by atoms with Gasteiger partial charge in [0, 0.05) is 28.5 Å². The molecule has 0 saturated carbocycles. The number of carbonyl (C=O) groups is 2. The lowest BCUT2D eigenvalue weighted by Gasteiger charge is -2.26. The Kier molecular flexibility index (Phi) is 11.6. The van der Waals surface area contributed by atoms with Crippen LogP contribution in [-0.4, -0.2) is 30.8 Å². The zero-order chi connectivity index (χ0) is 34.1. The second-order valence-electron chi connectivity index (χ2n) is 13.9. The molecule has 1 fully saturated rings. The minimum absolute atomic E-state index is 0.0688. The Bertz CT molecular complexity index is 1770. The van der Waals surface area contributed by atoms with E-state index in [2.05, 4.69) is 39.5 Å². The van der Waals surface area contributed by atoms with Crippen LogP contribution in [0.4, 0.5) is 0 Å². The van der Waals surface area contributed by atoms with Gasteiger partial charge in [-0.3, -0.25) is 0 Å². The van der Waals surface area contributed by atoms with Crippen LogP contribution >= 0.6 is 0 Å². The van der Waals surface area contributed by atoms with Crippen LogP contribution in [0, 0.1) is 36.5 Å². The maximum atomic E-state index is 13.3. The fourth-order valence-electron chi connectivity index (χ4n) is 6.21.